The monoisotopic (exact) mass is 286 g/mol. The number of nitrogens with zero attached hydrogens (tertiary/aromatic N) is 1. The van der Waals surface area contributed by atoms with Crippen LogP contribution in [0.3, 0.4) is 0 Å². The summed E-state index contributed by atoms with van der Waals surface area (Å²) in [5.74, 6) is -0.650. The normalized spacial score (nSPS) is 15.1. The van der Waals surface area contributed by atoms with Crippen LogP contribution in [-0.2, 0) is 19.9 Å². The maximum absolute atomic E-state index is 11.9. The predicted molar refractivity (Wildman–Crippen MR) is 69.0 cm³/mol. The van der Waals surface area contributed by atoms with Crippen molar-refractivity contribution in [1.29, 1.82) is 0 Å². The number of hydrogen-bond acceptors (Lipinski definition) is 5. The first-order valence-electron chi connectivity index (χ1n) is 5.48. The Labute approximate surface area is 104 Å². The molecule has 0 aromatic heterocycles. The van der Waals surface area contributed by atoms with E-state index in [1.807, 2.05) is 6.92 Å². The van der Waals surface area contributed by atoms with Crippen LogP contribution < -0.4 is 5.73 Å². The van der Waals surface area contributed by atoms with E-state index in [1.54, 1.807) is 6.92 Å². The van der Waals surface area contributed by atoms with Crippen molar-refractivity contribution in [3.05, 3.63) is 0 Å². The van der Waals surface area contributed by atoms with E-state index in [0.717, 1.165) is 6.26 Å². The van der Waals surface area contributed by atoms with Gasteiger partial charge in [0.05, 0.1) is 11.5 Å². The van der Waals surface area contributed by atoms with E-state index in [9.17, 15) is 16.8 Å². The Morgan fingerprint density at radius 2 is 1.71 bits per heavy atom. The van der Waals surface area contributed by atoms with Gasteiger partial charge in [-0.3, -0.25) is 0 Å². The van der Waals surface area contributed by atoms with Gasteiger partial charge in [-0.1, -0.05) is 13.8 Å². The van der Waals surface area contributed by atoms with E-state index in [-0.39, 0.29) is 17.4 Å². The Bertz CT molecular complexity index is 416. The van der Waals surface area contributed by atoms with Crippen LogP contribution in [0.5, 0.6) is 0 Å². The molecule has 1 atom stereocenters. The van der Waals surface area contributed by atoms with Crippen LogP contribution in [0.1, 0.15) is 13.8 Å². The average Bonchev–Trinajstić information content (AvgIpc) is 2.21. The first-order chi connectivity index (χ1) is 7.62. The summed E-state index contributed by atoms with van der Waals surface area (Å²) < 4.78 is 47.0. The highest BCUT2D eigenvalue weighted by atomic mass is 32.2. The summed E-state index contributed by atoms with van der Waals surface area (Å²) in [5.41, 5.74) is 5.44. The minimum atomic E-state index is -3.51. The van der Waals surface area contributed by atoms with Gasteiger partial charge < -0.3 is 5.73 Å². The lowest BCUT2D eigenvalue weighted by atomic mass is 10.2. The highest BCUT2D eigenvalue weighted by Crippen LogP contribution is 2.06. The molecule has 0 spiro atoms. The van der Waals surface area contributed by atoms with Gasteiger partial charge in [0.15, 0.2) is 0 Å². The fourth-order valence-corrected chi connectivity index (χ4v) is 4.43. The molecule has 0 aliphatic rings. The second-order valence-electron chi connectivity index (χ2n) is 4.24. The van der Waals surface area contributed by atoms with E-state index in [1.165, 1.54) is 4.31 Å². The Morgan fingerprint density at radius 1 is 1.18 bits per heavy atom. The standard InChI is InChI=1S/C9H22N2O4S2/c1-4-11(8-9(2)7-10)17(14,15)6-5-16(3,12)13/h9H,4-8,10H2,1-3H3. The molecule has 0 bridgehead atoms. The third-order valence-corrected chi connectivity index (χ3v) is 5.49. The zero-order valence-corrected chi connectivity index (χ0v) is 12.2. The number of rotatable bonds is 8. The molecule has 2 N–H and O–H groups in total. The number of nitrogens with two attached hydrogens (primary N) is 1. The molecule has 1 unspecified atom stereocenters. The Morgan fingerprint density at radius 3 is 2.06 bits per heavy atom. The summed E-state index contributed by atoms with van der Waals surface area (Å²) in [6.45, 7) is 4.64. The van der Waals surface area contributed by atoms with Crippen LogP contribution in [0.4, 0.5) is 0 Å². The number of sulfonamides is 1. The third kappa shape index (κ3) is 6.97. The van der Waals surface area contributed by atoms with Gasteiger partial charge in [0.1, 0.15) is 9.84 Å². The maximum Gasteiger partial charge on any atom is 0.215 e. The molecule has 17 heavy (non-hydrogen) atoms. The first-order valence-corrected chi connectivity index (χ1v) is 9.15. The van der Waals surface area contributed by atoms with Gasteiger partial charge in [0, 0.05) is 19.3 Å². The second-order valence-corrected chi connectivity index (χ2v) is 8.59. The second kappa shape index (κ2) is 6.67. The molecular weight excluding hydrogens is 264 g/mol. The van der Waals surface area contributed by atoms with E-state index >= 15 is 0 Å². The van der Waals surface area contributed by atoms with Gasteiger partial charge in [-0.15, -0.1) is 0 Å². The highest BCUT2D eigenvalue weighted by Gasteiger charge is 2.23. The maximum atomic E-state index is 11.9. The van der Waals surface area contributed by atoms with E-state index in [2.05, 4.69) is 0 Å². The third-order valence-electron chi connectivity index (χ3n) is 2.38. The van der Waals surface area contributed by atoms with Gasteiger partial charge in [0.2, 0.25) is 10.0 Å². The van der Waals surface area contributed by atoms with Crippen LogP contribution >= 0.6 is 0 Å². The molecule has 0 radical (unpaired) electrons. The van der Waals surface area contributed by atoms with Gasteiger partial charge in [-0.2, -0.15) is 0 Å². The molecule has 0 aromatic carbocycles. The molecule has 0 aromatic rings. The zero-order chi connectivity index (χ0) is 13.7. The smallest absolute Gasteiger partial charge is 0.215 e. The molecule has 0 aliphatic heterocycles. The zero-order valence-electron chi connectivity index (χ0n) is 10.6. The van der Waals surface area contributed by atoms with Crippen LogP contribution in [-0.4, -0.2) is 58.5 Å². The number of hydrogen-bond donors (Lipinski definition) is 1. The molecule has 0 amide bonds. The minimum Gasteiger partial charge on any atom is -0.330 e. The van der Waals surface area contributed by atoms with Crippen molar-refractivity contribution in [3.63, 3.8) is 0 Å². The molecule has 8 heteroatoms. The van der Waals surface area contributed by atoms with Crippen molar-refractivity contribution in [2.75, 3.05) is 37.4 Å². The molecular formula is C9H22N2O4S2. The van der Waals surface area contributed by atoms with Gasteiger partial charge >= 0.3 is 0 Å². The van der Waals surface area contributed by atoms with E-state index in [4.69, 9.17) is 5.73 Å². The van der Waals surface area contributed by atoms with Crippen molar-refractivity contribution < 1.29 is 16.8 Å². The summed E-state index contributed by atoms with van der Waals surface area (Å²) >= 11 is 0. The fraction of sp³-hybridized carbons (Fsp3) is 1.00. The summed E-state index contributed by atoms with van der Waals surface area (Å²) in [4.78, 5) is 0. The lowest BCUT2D eigenvalue weighted by molar-refractivity contribution is 0.371. The Kier molecular flexibility index (Phi) is 6.60. The van der Waals surface area contributed by atoms with Gasteiger partial charge in [0.25, 0.3) is 0 Å². The van der Waals surface area contributed by atoms with Crippen molar-refractivity contribution in [3.8, 4) is 0 Å². The topological polar surface area (TPSA) is 97.5 Å². The largest absolute Gasteiger partial charge is 0.330 e. The van der Waals surface area contributed by atoms with E-state index in [0.29, 0.717) is 19.6 Å². The fourth-order valence-electron chi connectivity index (χ4n) is 1.25. The van der Waals surface area contributed by atoms with Crippen molar-refractivity contribution in [2.24, 2.45) is 11.7 Å². The van der Waals surface area contributed by atoms with Gasteiger partial charge in [-0.25, -0.2) is 21.1 Å². The van der Waals surface area contributed by atoms with Crippen molar-refractivity contribution in [2.45, 2.75) is 13.8 Å². The van der Waals surface area contributed by atoms with Crippen LogP contribution in [0.2, 0.25) is 0 Å². The molecule has 0 aliphatic carbocycles. The SMILES string of the molecule is CCN(CC(C)CN)S(=O)(=O)CCS(C)(=O)=O. The highest BCUT2D eigenvalue weighted by molar-refractivity contribution is 7.93. The van der Waals surface area contributed by atoms with Crippen LogP contribution in [0, 0.1) is 5.92 Å². The average molecular weight is 286 g/mol. The molecule has 0 fully saturated rings. The Hall–Kier alpha value is -0.180. The molecule has 104 valence electrons. The summed E-state index contributed by atoms with van der Waals surface area (Å²) in [6.07, 6.45) is 1.03. The van der Waals surface area contributed by atoms with E-state index < -0.39 is 19.9 Å². The predicted octanol–water partition coefficient (Wildman–Crippen LogP) is -0.722. The Balaban J connectivity index is 4.65. The van der Waals surface area contributed by atoms with Crippen molar-refractivity contribution >= 4 is 19.9 Å². The molecule has 0 saturated heterocycles. The van der Waals surface area contributed by atoms with Gasteiger partial charge in [-0.05, 0) is 12.5 Å². The summed E-state index contributed by atoms with van der Waals surface area (Å²) in [7, 11) is -6.78. The molecule has 6 nitrogen and oxygen atoms in total. The molecule has 0 saturated carbocycles. The lowest BCUT2D eigenvalue weighted by Gasteiger charge is -2.23. The lowest BCUT2D eigenvalue weighted by Crippen LogP contribution is -2.39. The molecule has 0 heterocycles. The summed E-state index contributed by atoms with van der Waals surface area (Å²) in [6, 6.07) is 0. The number of sulfone groups is 1. The summed E-state index contributed by atoms with van der Waals surface area (Å²) in [5, 5.41) is 0. The minimum absolute atomic E-state index is 0.0583. The van der Waals surface area contributed by atoms with Crippen molar-refractivity contribution in [1.82, 2.24) is 4.31 Å². The van der Waals surface area contributed by atoms with Crippen LogP contribution in [0.25, 0.3) is 0 Å². The first kappa shape index (κ1) is 16.8. The van der Waals surface area contributed by atoms with Crippen LogP contribution in [0.15, 0.2) is 0 Å². The quantitative estimate of drug-likeness (QED) is 0.635. The molecule has 0 rings (SSSR count).